The number of carbonyl (C=O) groups excluding carboxylic acids is 1. The number of carbonyl (C=O) groups is 1. The number of rotatable bonds is 7. The number of nitrogens with one attached hydrogen (secondary N) is 1. The normalized spacial score (nSPS) is 11.5. The minimum atomic E-state index is -0.197. The van der Waals surface area contributed by atoms with Crippen molar-refractivity contribution >= 4 is 28.8 Å². The van der Waals surface area contributed by atoms with Crippen molar-refractivity contribution < 1.29 is 9.53 Å². The van der Waals surface area contributed by atoms with Crippen molar-refractivity contribution in [2.75, 3.05) is 6.54 Å². The molecule has 1 amide bonds. The summed E-state index contributed by atoms with van der Waals surface area (Å²) in [5, 5.41) is 14.7. The van der Waals surface area contributed by atoms with E-state index >= 15 is 0 Å². The van der Waals surface area contributed by atoms with Crippen LogP contribution < -0.4 is 10.1 Å². The molecule has 1 heterocycles. The van der Waals surface area contributed by atoms with Crippen LogP contribution in [-0.2, 0) is 17.8 Å². The number of benzene rings is 1. The molecule has 1 aromatic carbocycles. The first-order valence-corrected chi connectivity index (χ1v) is 8.30. The fraction of sp³-hybridized carbons (Fsp3) is 0.312. The third-order valence-electron chi connectivity index (χ3n) is 2.94. The summed E-state index contributed by atoms with van der Waals surface area (Å²) in [6.07, 6.45) is 0.204. The molecule has 2 aromatic rings. The van der Waals surface area contributed by atoms with Gasteiger partial charge in [-0.1, -0.05) is 11.6 Å². The lowest BCUT2D eigenvalue weighted by Gasteiger charge is -2.05. The zero-order valence-electron chi connectivity index (χ0n) is 12.6. The van der Waals surface area contributed by atoms with E-state index in [1.165, 1.54) is 11.3 Å². The Morgan fingerprint density at radius 2 is 2.22 bits per heavy atom. The molecule has 120 valence electrons. The van der Waals surface area contributed by atoms with Gasteiger partial charge >= 0.3 is 0 Å². The summed E-state index contributed by atoms with van der Waals surface area (Å²) < 4.78 is 5.61. The number of hydrogen-bond acceptors (Lipinski definition) is 5. The van der Waals surface area contributed by atoms with Crippen molar-refractivity contribution in [3.63, 3.8) is 0 Å². The van der Waals surface area contributed by atoms with Crippen molar-refractivity contribution in [3.8, 4) is 11.8 Å². The van der Waals surface area contributed by atoms with E-state index < -0.39 is 0 Å². The molecular formula is C16H16ClN3O2S. The first kappa shape index (κ1) is 17.3. The summed E-state index contributed by atoms with van der Waals surface area (Å²) in [6, 6.07) is 9.18. The Hall–Kier alpha value is -2.10. The van der Waals surface area contributed by atoms with E-state index in [0.29, 0.717) is 23.9 Å². The van der Waals surface area contributed by atoms with Gasteiger partial charge in [-0.05, 0) is 31.2 Å². The maximum atomic E-state index is 11.8. The lowest BCUT2D eigenvalue weighted by Crippen LogP contribution is -2.29. The number of amides is 1. The molecule has 0 aliphatic rings. The number of nitriles is 1. The van der Waals surface area contributed by atoms with Crippen molar-refractivity contribution in [3.05, 3.63) is 45.4 Å². The average Bonchev–Trinajstić information content (AvgIpc) is 2.99. The summed E-state index contributed by atoms with van der Waals surface area (Å²) in [5.41, 5.74) is 0.701. The molecule has 1 aromatic heterocycles. The summed E-state index contributed by atoms with van der Waals surface area (Å²) in [4.78, 5) is 16.1. The second-order valence-corrected chi connectivity index (χ2v) is 6.37. The summed E-state index contributed by atoms with van der Waals surface area (Å²) in [5.74, 6) is 0.384. The Labute approximate surface area is 143 Å². The van der Waals surface area contributed by atoms with Crippen LogP contribution in [0.3, 0.4) is 0 Å². The number of hydrogen-bond donors (Lipinski definition) is 1. The maximum Gasteiger partial charge on any atom is 0.226 e. The van der Waals surface area contributed by atoms with Gasteiger partial charge in [0.15, 0.2) is 0 Å². The lowest BCUT2D eigenvalue weighted by molar-refractivity contribution is -0.120. The Kier molecular flexibility index (Phi) is 6.39. The molecule has 1 N–H and O–H groups in total. The molecular weight excluding hydrogens is 334 g/mol. The molecule has 1 unspecified atom stereocenters. The van der Waals surface area contributed by atoms with E-state index in [4.69, 9.17) is 21.6 Å². The van der Waals surface area contributed by atoms with Gasteiger partial charge in [-0.25, -0.2) is 4.98 Å². The Balaban J connectivity index is 1.80. The van der Waals surface area contributed by atoms with Gasteiger partial charge in [0.2, 0.25) is 5.91 Å². The number of thiazole rings is 1. The predicted molar refractivity (Wildman–Crippen MR) is 89.4 cm³/mol. The first-order valence-electron chi connectivity index (χ1n) is 7.05. The minimum Gasteiger partial charge on any atom is -0.486 e. The van der Waals surface area contributed by atoms with Crippen LogP contribution in [0, 0.1) is 17.2 Å². The third kappa shape index (κ3) is 5.89. The van der Waals surface area contributed by atoms with Crippen LogP contribution in [0.4, 0.5) is 0 Å². The van der Waals surface area contributed by atoms with E-state index in [-0.39, 0.29) is 18.2 Å². The SMILES string of the molecule is CC(C#N)CNC(=O)Cc1csc(COc2ccc(Cl)cc2)n1. The lowest BCUT2D eigenvalue weighted by atomic mass is 10.2. The highest BCUT2D eigenvalue weighted by Crippen LogP contribution is 2.18. The van der Waals surface area contributed by atoms with Gasteiger partial charge in [-0.2, -0.15) is 5.26 Å². The summed E-state index contributed by atoms with van der Waals surface area (Å²) in [6.45, 7) is 2.46. The molecule has 0 bridgehead atoms. The first-order chi connectivity index (χ1) is 11.1. The van der Waals surface area contributed by atoms with Crippen LogP contribution >= 0.6 is 22.9 Å². The number of ether oxygens (including phenoxy) is 1. The highest BCUT2D eigenvalue weighted by Gasteiger charge is 2.09. The van der Waals surface area contributed by atoms with Crippen LogP contribution in [0.5, 0.6) is 5.75 Å². The molecule has 7 heteroatoms. The van der Waals surface area contributed by atoms with E-state index in [1.807, 2.05) is 5.38 Å². The third-order valence-corrected chi connectivity index (χ3v) is 4.07. The van der Waals surface area contributed by atoms with Crippen LogP contribution in [0.2, 0.25) is 5.02 Å². The molecule has 0 aliphatic carbocycles. The van der Waals surface area contributed by atoms with E-state index in [9.17, 15) is 4.79 Å². The average molecular weight is 350 g/mol. The van der Waals surface area contributed by atoms with E-state index in [0.717, 1.165) is 10.8 Å². The van der Waals surface area contributed by atoms with Gasteiger partial charge in [0.25, 0.3) is 0 Å². The van der Waals surface area contributed by atoms with Gasteiger partial charge in [-0.3, -0.25) is 4.79 Å². The van der Waals surface area contributed by atoms with Gasteiger partial charge in [0.05, 0.1) is 24.1 Å². The molecule has 5 nitrogen and oxygen atoms in total. The fourth-order valence-corrected chi connectivity index (χ4v) is 2.54. The maximum absolute atomic E-state index is 11.8. The summed E-state index contributed by atoms with van der Waals surface area (Å²) in [7, 11) is 0. The Morgan fingerprint density at radius 1 is 1.48 bits per heavy atom. The van der Waals surface area contributed by atoms with Crippen molar-refractivity contribution in [1.82, 2.24) is 10.3 Å². The molecule has 0 fully saturated rings. The smallest absolute Gasteiger partial charge is 0.226 e. The molecule has 0 spiro atoms. The van der Waals surface area contributed by atoms with E-state index in [1.54, 1.807) is 31.2 Å². The second-order valence-electron chi connectivity index (χ2n) is 4.99. The van der Waals surface area contributed by atoms with Crippen LogP contribution in [0.1, 0.15) is 17.6 Å². The highest BCUT2D eigenvalue weighted by molar-refractivity contribution is 7.09. The zero-order valence-corrected chi connectivity index (χ0v) is 14.2. The van der Waals surface area contributed by atoms with Crippen LogP contribution in [0.15, 0.2) is 29.6 Å². The Morgan fingerprint density at radius 3 is 2.91 bits per heavy atom. The molecule has 2 rings (SSSR count). The molecule has 1 atom stereocenters. The van der Waals surface area contributed by atoms with Crippen molar-refractivity contribution in [2.45, 2.75) is 20.0 Å². The molecule has 0 saturated carbocycles. The molecule has 0 radical (unpaired) electrons. The van der Waals surface area contributed by atoms with Crippen molar-refractivity contribution in [1.29, 1.82) is 5.26 Å². The van der Waals surface area contributed by atoms with E-state index in [2.05, 4.69) is 16.4 Å². The van der Waals surface area contributed by atoms with Crippen molar-refractivity contribution in [2.24, 2.45) is 5.92 Å². The van der Waals surface area contributed by atoms with Gasteiger partial charge in [0.1, 0.15) is 17.4 Å². The van der Waals surface area contributed by atoms with Crippen LogP contribution in [0.25, 0.3) is 0 Å². The van der Waals surface area contributed by atoms with Gasteiger partial charge in [0, 0.05) is 16.9 Å². The molecule has 0 aliphatic heterocycles. The van der Waals surface area contributed by atoms with Gasteiger partial charge in [-0.15, -0.1) is 11.3 Å². The minimum absolute atomic E-state index is 0.137. The largest absolute Gasteiger partial charge is 0.486 e. The number of aromatic nitrogens is 1. The number of nitrogens with zero attached hydrogens (tertiary/aromatic N) is 2. The predicted octanol–water partition coefficient (Wildman–Crippen LogP) is 3.19. The molecule has 0 saturated heterocycles. The monoisotopic (exact) mass is 349 g/mol. The standard InChI is InChI=1S/C16H16ClN3O2S/c1-11(7-18)8-19-15(21)6-13-10-23-16(20-13)9-22-14-4-2-12(17)3-5-14/h2-5,10-11H,6,8-9H2,1H3,(H,19,21). The summed E-state index contributed by atoms with van der Waals surface area (Å²) >= 11 is 7.26. The molecule has 23 heavy (non-hydrogen) atoms. The fourth-order valence-electron chi connectivity index (χ4n) is 1.71. The van der Waals surface area contributed by atoms with Gasteiger partial charge < -0.3 is 10.1 Å². The topological polar surface area (TPSA) is 75.0 Å². The quantitative estimate of drug-likeness (QED) is 0.832. The highest BCUT2D eigenvalue weighted by atomic mass is 35.5. The number of halogens is 1. The zero-order chi connectivity index (χ0) is 16.7. The Bertz CT molecular complexity index is 694. The van der Waals surface area contributed by atoms with Crippen LogP contribution in [-0.4, -0.2) is 17.4 Å². The second kappa shape index (κ2) is 8.51.